The highest BCUT2D eigenvalue weighted by atomic mass is 35.5. The quantitative estimate of drug-likeness (QED) is 0.369. The topological polar surface area (TPSA) is 63.2 Å². The van der Waals surface area contributed by atoms with Gasteiger partial charge in [-0.2, -0.15) is 0 Å². The standard InChI is InChI=1S/C23H20ClF2N3O2/c1-3-21(31)29(2)18-9-7-16(22(25)23(18)26)17-8-6-15(13-27-17)19(30)10-4-14-5-11-20(24)28-12-14/h5-9,11-13H,3-4,10H2,1-2H3. The zero-order chi connectivity index (χ0) is 22.5. The summed E-state index contributed by atoms with van der Waals surface area (Å²) in [5.41, 5.74) is 1.25. The molecule has 0 fully saturated rings. The van der Waals surface area contributed by atoms with Crippen LogP contribution in [0.1, 0.15) is 35.7 Å². The molecule has 2 aromatic heterocycles. The number of aryl methyl sites for hydroxylation is 1. The van der Waals surface area contributed by atoms with Crippen LogP contribution in [0.15, 0.2) is 48.8 Å². The van der Waals surface area contributed by atoms with Gasteiger partial charge < -0.3 is 4.90 Å². The summed E-state index contributed by atoms with van der Waals surface area (Å²) >= 11 is 5.75. The molecule has 0 atom stereocenters. The van der Waals surface area contributed by atoms with E-state index in [4.69, 9.17) is 11.6 Å². The first-order valence-electron chi connectivity index (χ1n) is 9.66. The molecule has 31 heavy (non-hydrogen) atoms. The maximum atomic E-state index is 14.6. The van der Waals surface area contributed by atoms with E-state index < -0.39 is 11.6 Å². The zero-order valence-electron chi connectivity index (χ0n) is 17.0. The molecule has 0 aliphatic rings. The second-order valence-corrected chi connectivity index (χ2v) is 7.30. The minimum Gasteiger partial charge on any atom is -0.313 e. The normalized spacial score (nSPS) is 10.7. The monoisotopic (exact) mass is 443 g/mol. The lowest BCUT2D eigenvalue weighted by Crippen LogP contribution is -2.26. The van der Waals surface area contributed by atoms with E-state index in [1.54, 1.807) is 25.3 Å². The van der Waals surface area contributed by atoms with Crippen LogP contribution in [0.2, 0.25) is 5.15 Å². The van der Waals surface area contributed by atoms with Gasteiger partial charge in [0.25, 0.3) is 0 Å². The van der Waals surface area contributed by atoms with Crippen LogP contribution in [-0.4, -0.2) is 28.7 Å². The van der Waals surface area contributed by atoms with Crippen molar-refractivity contribution in [2.24, 2.45) is 0 Å². The van der Waals surface area contributed by atoms with Crippen molar-refractivity contribution in [1.82, 2.24) is 9.97 Å². The van der Waals surface area contributed by atoms with Gasteiger partial charge in [0.15, 0.2) is 17.4 Å². The number of halogens is 3. The van der Waals surface area contributed by atoms with Crippen LogP contribution in [0.5, 0.6) is 0 Å². The predicted molar refractivity (Wildman–Crippen MR) is 115 cm³/mol. The first-order valence-corrected chi connectivity index (χ1v) is 10.0. The molecule has 160 valence electrons. The molecular weight excluding hydrogens is 424 g/mol. The maximum absolute atomic E-state index is 14.6. The van der Waals surface area contributed by atoms with Crippen LogP contribution in [0.3, 0.4) is 0 Å². The molecule has 0 aliphatic heterocycles. The lowest BCUT2D eigenvalue weighted by atomic mass is 10.0. The molecule has 3 rings (SSSR count). The molecular formula is C23H20ClF2N3O2. The number of pyridine rings is 2. The molecule has 0 saturated carbocycles. The number of anilines is 1. The van der Waals surface area contributed by atoms with Gasteiger partial charge in [-0.25, -0.2) is 13.8 Å². The number of carbonyl (C=O) groups is 2. The highest BCUT2D eigenvalue weighted by Crippen LogP contribution is 2.29. The Labute approximate surface area is 183 Å². The number of ketones is 1. The first-order chi connectivity index (χ1) is 14.8. The molecule has 2 heterocycles. The second kappa shape index (κ2) is 9.75. The van der Waals surface area contributed by atoms with Crippen LogP contribution in [0, 0.1) is 11.6 Å². The molecule has 0 saturated heterocycles. The number of benzene rings is 1. The fourth-order valence-corrected chi connectivity index (χ4v) is 3.15. The fraction of sp³-hybridized carbons (Fsp3) is 0.217. The van der Waals surface area contributed by atoms with Crippen molar-refractivity contribution in [3.8, 4) is 11.3 Å². The fourth-order valence-electron chi connectivity index (χ4n) is 3.04. The summed E-state index contributed by atoms with van der Waals surface area (Å²) in [6.07, 6.45) is 3.87. The lowest BCUT2D eigenvalue weighted by Gasteiger charge is -2.18. The van der Waals surface area contributed by atoms with Crippen molar-refractivity contribution < 1.29 is 18.4 Å². The molecule has 3 aromatic rings. The predicted octanol–water partition coefficient (Wildman–Crippen LogP) is 5.26. The highest BCUT2D eigenvalue weighted by molar-refractivity contribution is 6.29. The highest BCUT2D eigenvalue weighted by Gasteiger charge is 2.20. The number of nitrogens with zero attached hydrogens (tertiary/aromatic N) is 3. The third kappa shape index (κ3) is 5.11. The van der Waals surface area contributed by atoms with Crippen molar-refractivity contribution in [3.63, 3.8) is 0 Å². The largest absolute Gasteiger partial charge is 0.313 e. The number of rotatable bonds is 7. The van der Waals surface area contributed by atoms with Gasteiger partial charge in [0.05, 0.1) is 11.4 Å². The summed E-state index contributed by atoms with van der Waals surface area (Å²) in [5, 5.41) is 0.384. The SMILES string of the molecule is CCC(=O)N(C)c1ccc(-c2ccc(C(=O)CCc3ccc(Cl)nc3)cn2)c(F)c1F. The van der Waals surface area contributed by atoms with Gasteiger partial charge in [-0.15, -0.1) is 0 Å². The molecule has 1 amide bonds. The Hall–Kier alpha value is -3.19. The Bertz CT molecular complexity index is 1100. The molecule has 0 bridgehead atoms. The molecule has 0 N–H and O–H groups in total. The summed E-state index contributed by atoms with van der Waals surface area (Å²) in [5.74, 6) is -2.69. The van der Waals surface area contributed by atoms with E-state index in [-0.39, 0.29) is 41.5 Å². The Morgan fingerprint density at radius 3 is 2.39 bits per heavy atom. The van der Waals surface area contributed by atoms with E-state index in [1.165, 1.54) is 37.5 Å². The van der Waals surface area contributed by atoms with Crippen LogP contribution in [0.4, 0.5) is 14.5 Å². The van der Waals surface area contributed by atoms with Gasteiger partial charge in [-0.3, -0.25) is 14.6 Å². The summed E-state index contributed by atoms with van der Waals surface area (Å²) in [4.78, 5) is 33.4. The van der Waals surface area contributed by atoms with Gasteiger partial charge >= 0.3 is 0 Å². The Balaban J connectivity index is 1.74. The van der Waals surface area contributed by atoms with E-state index in [0.717, 1.165) is 10.5 Å². The first kappa shape index (κ1) is 22.5. The molecule has 8 heteroatoms. The summed E-state index contributed by atoms with van der Waals surface area (Å²) in [7, 11) is 1.39. The number of hydrogen-bond donors (Lipinski definition) is 0. The van der Waals surface area contributed by atoms with Crippen molar-refractivity contribution in [3.05, 3.63) is 76.7 Å². The summed E-state index contributed by atoms with van der Waals surface area (Å²) in [6, 6.07) is 9.16. The second-order valence-electron chi connectivity index (χ2n) is 6.91. The zero-order valence-corrected chi connectivity index (χ0v) is 17.8. The number of Topliss-reactive ketones (excluding diaryl/α,β-unsaturated/α-hetero) is 1. The van der Waals surface area contributed by atoms with Gasteiger partial charge in [-0.05, 0) is 42.3 Å². The molecule has 0 spiro atoms. The average Bonchev–Trinajstić information content (AvgIpc) is 2.79. The molecule has 1 aromatic carbocycles. The van der Waals surface area contributed by atoms with Crippen molar-refractivity contribution in [2.45, 2.75) is 26.2 Å². The van der Waals surface area contributed by atoms with Crippen LogP contribution < -0.4 is 4.90 Å². The maximum Gasteiger partial charge on any atom is 0.226 e. The van der Waals surface area contributed by atoms with Crippen molar-refractivity contribution in [1.29, 1.82) is 0 Å². The van der Waals surface area contributed by atoms with Gasteiger partial charge in [-0.1, -0.05) is 24.6 Å². The molecule has 5 nitrogen and oxygen atoms in total. The van der Waals surface area contributed by atoms with Crippen molar-refractivity contribution in [2.75, 3.05) is 11.9 Å². The Kier molecular flexibility index (Phi) is 7.07. The van der Waals surface area contributed by atoms with E-state index in [9.17, 15) is 18.4 Å². The number of hydrogen-bond acceptors (Lipinski definition) is 4. The van der Waals surface area contributed by atoms with Crippen molar-refractivity contribution >= 4 is 29.0 Å². The molecule has 0 aliphatic carbocycles. The van der Waals surface area contributed by atoms with Crippen LogP contribution in [-0.2, 0) is 11.2 Å². The van der Waals surface area contributed by atoms with Gasteiger partial charge in [0, 0.05) is 43.4 Å². The summed E-state index contributed by atoms with van der Waals surface area (Å²) < 4.78 is 29.2. The number of amides is 1. The van der Waals surface area contributed by atoms with E-state index in [0.29, 0.717) is 17.1 Å². The van der Waals surface area contributed by atoms with E-state index in [2.05, 4.69) is 9.97 Å². The number of aromatic nitrogens is 2. The number of carbonyl (C=O) groups excluding carboxylic acids is 2. The van der Waals surface area contributed by atoms with Crippen LogP contribution >= 0.6 is 11.6 Å². The Morgan fingerprint density at radius 2 is 1.77 bits per heavy atom. The molecule has 0 unspecified atom stereocenters. The minimum absolute atomic E-state index is 0.0511. The van der Waals surface area contributed by atoms with Gasteiger partial charge in [0.1, 0.15) is 5.15 Å². The van der Waals surface area contributed by atoms with Crippen LogP contribution in [0.25, 0.3) is 11.3 Å². The minimum atomic E-state index is -1.12. The third-order valence-electron chi connectivity index (χ3n) is 4.89. The average molecular weight is 444 g/mol. The third-order valence-corrected chi connectivity index (χ3v) is 5.11. The summed E-state index contributed by atoms with van der Waals surface area (Å²) in [6.45, 7) is 1.64. The van der Waals surface area contributed by atoms with E-state index >= 15 is 0 Å². The smallest absolute Gasteiger partial charge is 0.226 e. The van der Waals surface area contributed by atoms with Gasteiger partial charge in [0.2, 0.25) is 5.91 Å². The molecule has 0 radical (unpaired) electrons. The van der Waals surface area contributed by atoms with E-state index in [1.807, 2.05) is 0 Å². The Morgan fingerprint density at radius 1 is 1.00 bits per heavy atom. The lowest BCUT2D eigenvalue weighted by molar-refractivity contribution is -0.118.